The fourth-order valence-corrected chi connectivity index (χ4v) is 2.66. The first-order valence-corrected chi connectivity index (χ1v) is 8.03. The maximum absolute atomic E-state index is 12.1. The lowest BCUT2D eigenvalue weighted by atomic mass is 10.1. The van der Waals surface area contributed by atoms with Gasteiger partial charge in [0.2, 0.25) is 15.9 Å². The summed E-state index contributed by atoms with van der Waals surface area (Å²) in [4.78, 5) is 12.0. The van der Waals surface area contributed by atoms with Crippen LogP contribution in [0.2, 0.25) is 0 Å². The van der Waals surface area contributed by atoms with Crippen molar-refractivity contribution in [2.75, 3.05) is 26.5 Å². The molecule has 0 radical (unpaired) electrons. The number of benzene rings is 1. The highest BCUT2D eigenvalue weighted by Crippen LogP contribution is 2.28. The molecule has 1 N–H and O–H groups in total. The minimum absolute atomic E-state index is 0.105. The van der Waals surface area contributed by atoms with Crippen molar-refractivity contribution < 1.29 is 17.9 Å². The van der Waals surface area contributed by atoms with Crippen LogP contribution in [0.4, 0.5) is 5.69 Å². The Morgan fingerprint density at radius 3 is 2.43 bits per heavy atom. The molecule has 0 spiro atoms. The Balaban J connectivity index is 3.15. The van der Waals surface area contributed by atoms with E-state index in [0.717, 1.165) is 4.31 Å². The fourth-order valence-electron chi connectivity index (χ4n) is 1.73. The van der Waals surface area contributed by atoms with E-state index >= 15 is 0 Å². The molecule has 0 heterocycles. The molecule has 0 fully saturated rings. The maximum Gasteiger partial charge on any atom is 0.242 e. The third-order valence-electron chi connectivity index (χ3n) is 2.82. The SMILES string of the molecule is COc1ccc(S(=O)(=O)N(C)C)cc1NC(=O)CC(C)C. The van der Waals surface area contributed by atoms with Crippen LogP contribution in [0, 0.1) is 5.92 Å². The van der Waals surface area contributed by atoms with E-state index in [0.29, 0.717) is 17.9 Å². The lowest BCUT2D eigenvalue weighted by Gasteiger charge is -2.15. The average molecular weight is 314 g/mol. The number of amides is 1. The molecule has 0 saturated heterocycles. The van der Waals surface area contributed by atoms with Crippen molar-refractivity contribution in [1.82, 2.24) is 4.31 Å². The number of rotatable bonds is 6. The standard InChI is InChI=1S/C14H22N2O4S/c1-10(2)8-14(17)15-12-9-11(6-7-13(12)20-5)21(18,19)16(3)4/h6-7,9-10H,8H2,1-5H3,(H,15,17). The predicted octanol–water partition coefficient (Wildman–Crippen LogP) is 1.93. The van der Waals surface area contributed by atoms with Gasteiger partial charge in [-0.15, -0.1) is 0 Å². The molecule has 1 aromatic rings. The molecule has 0 unspecified atom stereocenters. The zero-order valence-corrected chi connectivity index (χ0v) is 13.8. The summed E-state index contributed by atoms with van der Waals surface area (Å²) in [6, 6.07) is 4.39. The van der Waals surface area contributed by atoms with E-state index in [4.69, 9.17) is 4.74 Å². The molecule has 7 heteroatoms. The highest BCUT2D eigenvalue weighted by atomic mass is 32.2. The number of ether oxygens (including phenoxy) is 1. The van der Waals surface area contributed by atoms with E-state index in [1.807, 2.05) is 13.8 Å². The molecular formula is C14H22N2O4S. The van der Waals surface area contributed by atoms with Crippen molar-refractivity contribution in [2.45, 2.75) is 25.2 Å². The predicted molar refractivity (Wildman–Crippen MR) is 82.0 cm³/mol. The molecule has 0 aliphatic heterocycles. The monoisotopic (exact) mass is 314 g/mol. The summed E-state index contributed by atoms with van der Waals surface area (Å²) in [7, 11) is 0.819. The van der Waals surface area contributed by atoms with E-state index in [1.54, 1.807) is 0 Å². The lowest BCUT2D eigenvalue weighted by Crippen LogP contribution is -2.22. The van der Waals surface area contributed by atoms with Crippen molar-refractivity contribution in [3.8, 4) is 5.75 Å². The Hall–Kier alpha value is -1.60. The van der Waals surface area contributed by atoms with Crippen molar-refractivity contribution >= 4 is 21.6 Å². The number of sulfonamides is 1. The van der Waals surface area contributed by atoms with Crippen LogP contribution < -0.4 is 10.1 Å². The van der Waals surface area contributed by atoms with Crippen molar-refractivity contribution in [1.29, 1.82) is 0 Å². The number of carbonyl (C=O) groups excluding carboxylic acids is 1. The van der Waals surface area contributed by atoms with Gasteiger partial charge in [-0.3, -0.25) is 4.79 Å². The van der Waals surface area contributed by atoms with Gasteiger partial charge in [-0.05, 0) is 24.1 Å². The van der Waals surface area contributed by atoms with Gasteiger partial charge in [-0.2, -0.15) is 0 Å². The molecule has 0 aliphatic rings. The minimum Gasteiger partial charge on any atom is -0.495 e. The molecule has 118 valence electrons. The van der Waals surface area contributed by atoms with E-state index in [1.165, 1.54) is 39.4 Å². The third-order valence-corrected chi connectivity index (χ3v) is 4.63. The van der Waals surface area contributed by atoms with Gasteiger partial charge in [0, 0.05) is 20.5 Å². The minimum atomic E-state index is -3.56. The van der Waals surface area contributed by atoms with Crippen molar-refractivity contribution in [3.63, 3.8) is 0 Å². The molecule has 0 aromatic heterocycles. The molecule has 0 bridgehead atoms. The summed E-state index contributed by atoms with van der Waals surface area (Å²) in [5.74, 6) is 0.456. The number of hydrogen-bond donors (Lipinski definition) is 1. The van der Waals surface area contributed by atoms with Gasteiger partial charge in [0.25, 0.3) is 0 Å². The van der Waals surface area contributed by atoms with Gasteiger partial charge in [-0.25, -0.2) is 12.7 Å². The number of anilines is 1. The molecule has 0 aliphatic carbocycles. The second-order valence-electron chi connectivity index (χ2n) is 5.30. The second-order valence-corrected chi connectivity index (χ2v) is 7.45. The highest BCUT2D eigenvalue weighted by molar-refractivity contribution is 7.89. The van der Waals surface area contributed by atoms with Gasteiger partial charge in [0.05, 0.1) is 17.7 Å². The molecule has 1 rings (SSSR count). The fraction of sp³-hybridized carbons (Fsp3) is 0.500. The lowest BCUT2D eigenvalue weighted by molar-refractivity contribution is -0.116. The summed E-state index contributed by atoms with van der Waals surface area (Å²) in [6.07, 6.45) is 0.355. The number of nitrogens with one attached hydrogen (secondary N) is 1. The summed E-state index contributed by atoms with van der Waals surface area (Å²) >= 11 is 0. The van der Waals surface area contributed by atoms with Crippen molar-refractivity contribution in [2.24, 2.45) is 5.92 Å². The van der Waals surface area contributed by atoms with E-state index in [9.17, 15) is 13.2 Å². The van der Waals surface area contributed by atoms with Crippen LogP contribution in [-0.4, -0.2) is 39.8 Å². The van der Waals surface area contributed by atoms with E-state index < -0.39 is 10.0 Å². The second kappa shape index (κ2) is 6.91. The topological polar surface area (TPSA) is 75.7 Å². The summed E-state index contributed by atoms with van der Waals surface area (Å²) in [5.41, 5.74) is 0.353. The summed E-state index contributed by atoms with van der Waals surface area (Å²) < 4.78 is 30.5. The first kappa shape index (κ1) is 17.5. The number of carbonyl (C=O) groups is 1. The Bertz CT molecular complexity index is 609. The Morgan fingerprint density at radius 1 is 1.33 bits per heavy atom. The quantitative estimate of drug-likeness (QED) is 0.870. The molecule has 0 atom stereocenters. The number of hydrogen-bond acceptors (Lipinski definition) is 4. The molecule has 1 aromatic carbocycles. The maximum atomic E-state index is 12.1. The highest BCUT2D eigenvalue weighted by Gasteiger charge is 2.19. The zero-order chi connectivity index (χ0) is 16.2. The van der Waals surface area contributed by atoms with Gasteiger partial charge in [0.1, 0.15) is 5.75 Å². The zero-order valence-electron chi connectivity index (χ0n) is 13.0. The van der Waals surface area contributed by atoms with Crippen molar-refractivity contribution in [3.05, 3.63) is 18.2 Å². The smallest absolute Gasteiger partial charge is 0.242 e. The van der Waals surface area contributed by atoms with E-state index in [2.05, 4.69) is 5.32 Å². The summed E-state index contributed by atoms with van der Waals surface area (Å²) in [6.45, 7) is 3.87. The van der Waals surface area contributed by atoms with Crippen LogP contribution in [0.15, 0.2) is 23.1 Å². The first-order chi connectivity index (χ1) is 9.68. The number of methoxy groups -OCH3 is 1. The Labute approximate surface area is 126 Å². The molecule has 21 heavy (non-hydrogen) atoms. The Kier molecular flexibility index (Phi) is 5.74. The third kappa shape index (κ3) is 4.44. The normalized spacial score (nSPS) is 11.8. The van der Waals surface area contributed by atoms with Crippen LogP contribution in [-0.2, 0) is 14.8 Å². The molecule has 6 nitrogen and oxygen atoms in total. The van der Waals surface area contributed by atoms with Gasteiger partial charge < -0.3 is 10.1 Å². The van der Waals surface area contributed by atoms with Crippen LogP contribution in [0.25, 0.3) is 0 Å². The van der Waals surface area contributed by atoms with Gasteiger partial charge >= 0.3 is 0 Å². The van der Waals surface area contributed by atoms with Gasteiger partial charge in [0.15, 0.2) is 0 Å². The van der Waals surface area contributed by atoms with E-state index in [-0.39, 0.29) is 16.7 Å². The Morgan fingerprint density at radius 2 is 1.95 bits per heavy atom. The van der Waals surface area contributed by atoms with Crippen LogP contribution in [0.5, 0.6) is 5.75 Å². The molecule has 1 amide bonds. The van der Waals surface area contributed by atoms with Crippen LogP contribution >= 0.6 is 0 Å². The van der Waals surface area contributed by atoms with Crippen LogP contribution in [0.1, 0.15) is 20.3 Å². The van der Waals surface area contributed by atoms with Crippen LogP contribution in [0.3, 0.4) is 0 Å². The number of nitrogens with zero attached hydrogens (tertiary/aromatic N) is 1. The molecular weight excluding hydrogens is 292 g/mol. The average Bonchev–Trinajstić information content (AvgIpc) is 2.37. The largest absolute Gasteiger partial charge is 0.495 e. The first-order valence-electron chi connectivity index (χ1n) is 6.59. The van der Waals surface area contributed by atoms with Gasteiger partial charge in [-0.1, -0.05) is 13.8 Å². The summed E-state index contributed by atoms with van der Waals surface area (Å²) in [5, 5.41) is 2.70. The molecule has 0 saturated carbocycles.